The molecule has 2 saturated heterocycles. The first kappa shape index (κ1) is 27.2. The molecule has 0 bridgehead atoms. The Morgan fingerprint density at radius 3 is 2.50 bits per heavy atom. The molecule has 42 heavy (non-hydrogen) atoms. The van der Waals surface area contributed by atoms with Crippen molar-refractivity contribution >= 4 is 28.7 Å². The van der Waals surface area contributed by atoms with E-state index in [2.05, 4.69) is 10.3 Å². The number of rotatable bonds is 6. The van der Waals surface area contributed by atoms with Crippen LogP contribution in [-0.4, -0.2) is 80.1 Å². The Balaban J connectivity index is 1.34. The topological polar surface area (TPSA) is 109 Å². The summed E-state index contributed by atoms with van der Waals surface area (Å²) in [6, 6.07) is 24.8. The number of likely N-dealkylation sites (N-methyl/N-ethyl adjacent to an activating group) is 1. The third-order valence-electron chi connectivity index (χ3n) is 7.88. The number of nitrogens with zero attached hydrogens (tertiary/aromatic N) is 5. The van der Waals surface area contributed by atoms with Gasteiger partial charge in [0.05, 0.1) is 18.6 Å². The normalized spacial score (nSPS) is 19.2. The van der Waals surface area contributed by atoms with E-state index in [1.807, 2.05) is 60.7 Å². The van der Waals surface area contributed by atoms with Gasteiger partial charge in [0.25, 0.3) is 0 Å². The van der Waals surface area contributed by atoms with Crippen LogP contribution in [0.4, 0.5) is 4.79 Å². The second-order valence-corrected chi connectivity index (χ2v) is 10.7. The van der Waals surface area contributed by atoms with Crippen molar-refractivity contribution in [2.75, 3.05) is 20.1 Å². The minimum Gasteiger partial charge on any atom is -0.508 e. The van der Waals surface area contributed by atoms with Gasteiger partial charge < -0.3 is 20.2 Å². The average molecular weight is 565 g/mol. The number of hydrogen-bond acceptors (Lipinski definition) is 6. The molecular weight excluding hydrogens is 532 g/mol. The lowest BCUT2D eigenvalue weighted by molar-refractivity contribution is -0.187. The maximum absolute atomic E-state index is 14.1. The molecule has 2 aliphatic rings. The third-order valence-corrected chi connectivity index (χ3v) is 7.88. The van der Waals surface area contributed by atoms with E-state index in [1.54, 1.807) is 57.3 Å². The average Bonchev–Trinajstić information content (AvgIpc) is 2.99. The summed E-state index contributed by atoms with van der Waals surface area (Å²) in [7, 11) is 1.71. The zero-order chi connectivity index (χ0) is 29.2. The molecule has 0 saturated carbocycles. The van der Waals surface area contributed by atoms with Gasteiger partial charge >= 0.3 is 6.03 Å². The maximum atomic E-state index is 14.1. The number of piperazine rings is 1. The van der Waals surface area contributed by atoms with Crippen LogP contribution in [0.15, 0.2) is 91.1 Å². The van der Waals surface area contributed by atoms with Gasteiger partial charge in [0.1, 0.15) is 18.0 Å². The SMILES string of the molecule is CN1CC(=O)N2C(Cc3ccc(O)cc3)C(=O)N(Cc3cccc4cccnc34)C[C@H]2N1C(=O)NCc1ccccc1. The Hall–Kier alpha value is -4.96. The summed E-state index contributed by atoms with van der Waals surface area (Å²) in [6.07, 6.45) is 1.26. The Bertz CT molecular complexity index is 1610. The van der Waals surface area contributed by atoms with Crippen LogP contribution < -0.4 is 5.32 Å². The van der Waals surface area contributed by atoms with Gasteiger partial charge in [0.15, 0.2) is 0 Å². The zero-order valence-corrected chi connectivity index (χ0v) is 23.3. The molecule has 3 heterocycles. The van der Waals surface area contributed by atoms with Crippen molar-refractivity contribution < 1.29 is 19.5 Å². The lowest BCUT2D eigenvalue weighted by atomic mass is 9.98. The van der Waals surface area contributed by atoms with Crippen LogP contribution in [0.5, 0.6) is 5.75 Å². The van der Waals surface area contributed by atoms with Crippen molar-refractivity contribution in [1.82, 2.24) is 30.1 Å². The van der Waals surface area contributed by atoms with Crippen LogP contribution in [0, 0.1) is 0 Å². The first-order valence-corrected chi connectivity index (χ1v) is 13.9. The van der Waals surface area contributed by atoms with Crippen LogP contribution in [0.25, 0.3) is 10.9 Å². The predicted octanol–water partition coefficient (Wildman–Crippen LogP) is 3.12. The molecule has 10 heteroatoms. The van der Waals surface area contributed by atoms with Crippen molar-refractivity contribution in [3.8, 4) is 5.75 Å². The number of pyridine rings is 1. The summed E-state index contributed by atoms with van der Waals surface area (Å²) in [5.41, 5.74) is 3.44. The van der Waals surface area contributed by atoms with Gasteiger partial charge in [-0.15, -0.1) is 0 Å². The van der Waals surface area contributed by atoms with Crippen molar-refractivity contribution in [2.24, 2.45) is 0 Å². The fraction of sp³-hybridized carbons (Fsp3) is 0.250. The first-order chi connectivity index (χ1) is 20.4. The Morgan fingerprint density at radius 1 is 0.952 bits per heavy atom. The molecule has 0 radical (unpaired) electrons. The molecule has 3 aromatic carbocycles. The van der Waals surface area contributed by atoms with E-state index in [0.717, 1.165) is 27.6 Å². The summed E-state index contributed by atoms with van der Waals surface area (Å²) >= 11 is 0. The molecule has 2 N–H and O–H groups in total. The number of para-hydroxylation sites is 1. The standard InChI is InChI=1S/C32H32N6O4/c1-35-21-29(40)37-27(17-22-12-14-26(39)15-13-22)31(41)36(19-25-10-5-9-24-11-6-16-33-30(24)25)20-28(37)38(35)32(42)34-18-23-7-3-2-4-8-23/h2-16,27-28,39H,17-21H2,1H3,(H,34,42)/t27?,28-/m1/s1. The van der Waals surface area contributed by atoms with E-state index in [0.29, 0.717) is 6.54 Å². The molecule has 1 aromatic heterocycles. The zero-order valence-electron chi connectivity index (χ0n) is 23.3. The predicted molar refractivity (Wildman–Crippen MR) is 157 cm³/mol. The molecule has 6 rings (SSSR count). The molecule has 4 amide bonds. The van der Waals surface area contributed by atoms with E-state index in [9.17, 15) is 19.5 Å². The van der Waals surface area contributed by atoms with Crippen molar-refractivity contribution in [1.29, 1.82) is 0 Å². The smallest absolute Gasteiger partial charge is 0.334 e. The van der Waals surface area contributed by atoms with E-state index in [-0.39, 0.29) is 49.7 Å². The van der Waals surface area contributed by atoms with Gasteiger partial charge in [0.2, 0.25) is 11.8 Å². The van der Waals surface area contributed by atoms with Crippen LogP contribution in [0.2, 0.25) is 0 Å². The number of nitrogens with one attached hydrogen (secondary N) is 1. The van der Waals surface area contributed by atoms with E-state index < -0.39 is 12.2 Å². The summed E-state index contributed by atoms with van der Waals surface area (Å²) in [5.74, 6) is -0.304. The number of hydrazine groups is 1. The summed E-state index contributed by atoms with van der Waals surface area (Å²) < 4.78 is 0. The number of urea groups is 1. The van der Waals surface area contributed by atoms with Crippen molar-refractivity contribution in [3.05, 3.63) is 108 Å². The van der Waals surface area contributed by atoms with Gasteiger partial charge in [-0.25, -0.2) is 14.8 Å². The molecule has 4 aromatic rings. The van der Waals surface area contributed by atoms with Gasteiger partial charge in [-0.3, -0.25) is 14.6 Å². The minimum absolute atomic E-state index is 0.0398. The molecular formula is C32H32N6O4. The number of aromatic hydroxyl groups is 1. The first-order valence-electron chi connectivity index (χ1n) is 13.9. The van der Waals surface area contributed by atoms with Crippen LogP contribution in [0.3, 0.4) is 0 Å². The third kappa shape index (κ3) is 5.36. The molecule has 2 aliphatic heterocycles. The van der Waals surface area contributed by atoms with Gasteiger partial charge in [-0.1, -0.05) is 66.7 Å². The van der Waals surface area contributed by atoms with Crippen molar-refractivity contribution in [2.45, 2.75) is 31.7 Å². The van der Waals surface area contributed by atoms with Crippen LogP contribution in [-0.2, 0) is 29.1 Å². The molecule has 1 unspecified atom stereocenters. The monoisotopic (exact) mass is 564 g/mol. The second kappa shape index (κ2) is 11.5. The Morgan fingerprint density at radius 2 is 1.71 bits per heavy atom. The lowest BCUT2D eigenvalue weighted by Crippen LogP contribution is -2.76. The number of amides is 4. The van der Waals surface area contributed by atoms with E-state index in [4.69, 9.17) is 0 Å². The number of aromatic nitrogens is 1. The van der Waals surface area contributed by atoms with Crippen LogP contribution in [0.1, 0.15) is 16.7 Å². The molecule has 0 spiro atoms. The highest BCUT2D eigenvalue weighted by atomic mass is 16.3. The number of phenolic OH excluding ortho intramolecular Hbond substituents is 1. The van der Waals surface area contributed by atoms with E-state index in [1.165, 1.54) is 0 Å². The Kier molecular flexibility index (Phi) is 7.45. The van der Waals surface area contributed by atoms with E-state index >= 15 is 0 Å². The number of carbonyl (C=O) groups is 3. The van der Waals surface area contributed by atoms with Gasteiger partial charge in [-0.2, -0.15) is 0 Å². The summed E-state index contributed by atoms with van der Waals surface area (Å²) in [4.78, 5) is 49.2. The highest BCUT2D eigenvalue weighted by Crippen LogP contribution is 2.30. The number of phenols is 1. The quantitative estimate of drug-likeness (QED) is 0.373. The van der Waals surface area contributed by atoms with Crippen LogP contribution >= 0.6 is 0 Å². The number of carbonyl (C=O) groups excluding carboxylic acids is 3. The highest BCUT2D eigenvalue weighted by molar-refractivity contribution is 5.92. The molecule has 2 fully saturated rings. The number of benzene rings is 3. The second-order valence-electron chi connectivity index (χ2n) is 10.7. The molecule has 2 atom stereocenters. The number of fused-ring (bicyclic) bond motifs is 2. The highest BCUT2D eigenvalue weighted by Gasteiger charge is 2.50. The molecule has 214 valence electrons. The Labute approximate surface area is 243 Å². The summed E-state index contributed by atoms with van der Waals surface area (Å²) in [5, 5.41) is 16.9. The maximum Gasteiger partial charge on any atom is 0.334 e. The van der Waals surface area contributed by atoms with Gasteiger partial charge in [-0.05, 0) is 34.9 Å². The fourth-order valence-electron chi connectivity index (χ4n) is 5.86. The van der Waals surface area contributed by atoms with Crippen molar-refractivity contribution in [3.63, 3.8) is 0 Å². The molecule has 0 aliphatic carbocycles. The molecule has 10 nitrogen and oxygen atoms in total. The number of hydrogen-bond donors (Lipinski definition) is 2. The fourth-order valence-corrected chi connectivity index (χ4v) is 5.86. The largest absolute Gasteiger partial charge is 0.508 e. The summed E-state index contributed by atoms with van der Waals surface area (Å²) in [6.45, 7) is 0.706. The van der Waals surface area contributed by atoms with Gasteiger partial charge in [0, 0.05) is 38.1 Å². The minimum atomic E-state index is -0.832. The lowest BCUT2D eigenvalue weighted by Gasteiger charge is -2.54.